The molecule has 1 aliphatic carbocycles. The Kier molecular flexibility index (Phi) is 12.9. The molecule has 1 saturated carbocycles. The number of nitrogens with zero attached hydrogens (tertiary/aromatic N) is 5. The number of piperidine rings is 1. The van der Waals surface area contributed by atoms with Crippen LogP contribution in [0, 0.1) is 16.7 Å². The standard InChI is InChI=1S/C26H34N8O4.H3OP.2H2O/c27-14-19-21(22(28)36)23(32-25(31-19)34-9-3-1-2-4-10-34)30-17-5-6-20(29-15-17)33-11-7-26(8-12-33)13-18(26)24(37)38-16-35;1-2;;/h5-6,14-15,18,27,35H,1-4,7-13,16H2,(H2,28,36)(H,30,31,32);1H,2H2;2*1H2. The predicted molar refractivity (Wildman–Crippen MR) is 161 cm³/mol. The molecule has 2 aromatic rings. The Balaban J connectivity index is 0.00000151. The lowest BCUT2D eigenvalue weighted by molar-refractivity contribution is -0.154. The van der Waals surface area contributed by atoms with Crippen molar-refractivity contribution in [2.45, 2.75) is 44.9 Å². The van der Waals surface area contributed by atoms with E-state index in [-0.39, 0.29) is 45.3 Å². The van der Waals surface area contributed by atoms with Crippen molar-refractivity contribution in [1.82, 2.24) is 15.0 Å². The molecule has 3 fully saturated rings. The minimum atomic E-state index is -0.707. The summed E-state index contributed by atoms with van der Waals surface area (Å²) in [6, 6.07) is 3.77. The molecule has 15 nitrogen and oxygen atoms in total. The highest BCUT2D eigenvalue weighted by atomic mass is 31.0. The summed E-state index contributed by atoms with van der Waals surface area (Å²) in [5, 5.41) is 19.8. The first-order valence-corrected chi connectivity index (χ1v) is 13.9. The molecule has 2 saturated heterocycles. The van der Waals surface area contributed by atoms with Gasteiger partial charge in [-0.2, -0.15) is 4.98 Å². The van der Waals surface area contributed by atoms with Crippen LogP contribution in [-0.4, -0.2) is 87.0 Å². The number of aliphatic hydroxyl groups excluding tert-OH is 1. The van der Waals surface area contributed by atoms with Crippen LogP contribution in [-0.2, 0) is 9.53 Å². The lowest BCUT2D eigenvalue weighted by Gasteiger charge is -2.33. The molecule has 5 rings (SSSR count). The van der Waals surface area contributed by atoms with Crippen LogP contribution in [0.25, 0.3) is 0 Å². The molecule has 0 aromatic carbocycles. The van der Waals surface area contributed by atoms with Crippen molar-refractivity contribution in [1.29, 1.82) is 5.41 Å². The average molecular weight is 609 g/mol. The third-order valence-corrected chi connectivity index (χ3v) is 7.97. The highest BCUT2D eigenvalue weighted by Crippen LogP contribution is 2.60. The van der Waals surface area contributed by atoms with Crippen molar-refractivity contribution in [3.8, 4) is 0 Å². The van der Waals surface area contributed by atoms with Crippen molar-refractivity contribution in [3.63, 3.8) is 0 Å². The first-order chi connectivity index (χ1) is 19.4. The molecule has 1 spiro atoms. The molecule has 1 amide bonds. The zero-order chi connectivity index (χ0) is 28.7. The largest absolute Gasteiger partial charge is 0.438 e. The van der Waals surface area contributed by atoms with Crippen molar-refractivity contribution in [3.05, 3.63) is 29.6 Å². The predicted octanol–water partition coefficient (Wildman–Crippen LogP) is 0.311. The molecule has 0 bridgehead atoms. The van der Waals surface area contributed by atoms with Crippen LogP contribution in [0.1, 0.15) is 61.0 Å². The van der Waals surface area contributed by atoms with Crippen molar-refractivity contribution in [2.75, 3.05) is 48.1 Å². The number of carbonyl (C=O) groups is 2. The Morgan fingerprint density at radius 2 is 1.76 bits per heavy atom. The maximum atomic E-state index is 12.3. The normalized spacial score (nSPS) is 18.7. The third-order valence-electron chi connectivity index (χ3n) is 7.97. The highest BCUT2D eigenvalue weighted by Gasteiger charge is 2.59. The van der Waals surface area contributed by atoms with Gasteiger partial charge < -0.3 is 51.9 Å². The van der Waals surface area contributed by atoms with Gasteiger partial charge in [-0.05, 0) is 59.1 Å². The van der Waals surface area contributed by atoms with Gasteiger partial charge in [-0.15, -0.1) is 0 Å². The van der Waals surface area contributed by atoms with Crippen LogP contribution in [0.3, 0.4) is 0 Å². The third kappa shape index (κ3) is 7.66. The Morgan fingerprint density at radius 3 is 2.31 bits per heavy atom. The van der Waals surface area contributed by atoms with Gasteiger partial charge in [-0.3, -0.25) is 9.59 Å². The summed E-state index contributed by atoms with van der Waals surface area (Å²) < 4.78 is 4.78. The van der Waals surface area contributed by atoms with E-state index in [1.165, 1.54) is 9.47 Å². The van der Waals surface area contributed by atoms with E-state index < -0.39 is 12.7 Å². The number of aliphatic hydroxyl groups is 1. The summed E-state index contributed by atoms with van der Waals surface area (Å²) >= 11 is 0. The zero-order valence-corrected chi connectivity index (χ0v) is 24.5. The maximum Gasteiger partial charge on any atom is 0.311 e. The molecular formula is C26H41N8O7P. The van der Waals surface area contributed by atoms with Gasteiger partial charge in [0.05, 0.1) is 17.8 Å². The fourth-order valence-electron chi connectivity index (χ4n) is 5.68. The summed E-state index contributed by atoms with van der Waals surface area (Å²) in [5.41, 5.74) is 6.53. The second-order valence-corrected chi connectivity index (χ2v) is 10.3. The summed E-state index contributed by atoms with van der Waals surface area (Å²) in [6.45, 7) is 2.64. The highest BCUT2D eigenvalue weighted by molar-refractivity contribution is 7.08. The molecule has 2 aromatic heterocycles. The van der Waals surface area contributed by atoms with Crippen LogP contribution < -0.4 is 20.9 Å². The van der Waals surface area contributed by atoms with Gasteiger partial charge in [0.2, 0.25) is 5.95 Å². The number of carbonyl (C=O) groups excluding carboxylic acids is 2. The van der Waals surface area contributed by atoms with E-state index in [9.17, 15) is 9.59 Å². The van der Waals surface area contributed by atoms with E-state index in [0.29, 0.717) is 11.6 Å². The van der Waals surface area contributed by atoms with E-state index in [4.69, 9.17) is 25.9 Å². The average Bonchev–Trinajstić information content (AvgIpc) is 3.74. The number of nitrogens with two attached hydrogens (primary N) is 1. The minimum Gasteiger partial charge on any atom is -0.438 e. The monoisotopic (exact) mass is 608 g/mol. The van der Waals surface area contributed by atoms with E-state index in [2.05, 4.69) is 30.1 Å². The lowest BCUT2D eigenvalue weighted by Crippen LogP contribution is -2.36. The topological polar surface area (TPSA) is 254 Å². The number of hydrogen-bond acceptors (Lipinski definition) is 12. The number of nitrogens with one attached hydrogen (secondary N) is 2. The van der Waals surface area contributed by atoms with E-state index in [1.807, 2.05) is 12.1 Å². The van der Waals surface area contributed by atoms with Crippen molar-refractivity contribution < 1.29 is 35.3 Å². The Labute approximate surface area is 246 Å². The number of ether oxygens (including phenoxy) is 1. The summed E-state index contributed by atoms with van der Waals surface area (Å²) in [4.78, 5) is 49.2. The zero-order valence-electron chi connectivity index (χ0n) is 23.4. The molecule has 16 heteroatoms. The van der Waals surface area contributed by atoms with E-state index >= 15 is 0 Å². The number of aromatic nitrogens is 3. The number of rotatable bonds is 8. The number of pyridine rings is 1. The smallest absolute Gasteiger partial charge is 0.311 e. The van der Waals surface area contributed by atoms with Gasteiger partial charge in [0.25, 0.3) is 5.91 Å². The Hall–Kier alpha value is -3.49. The number of anilines is 4. The van der Waals surface area contributed by atoms with Gasteiger partial charge in [0, 0.05) is 32.4 Å². The SMILES string of the molecule is N=Cc1nc(N2CCCCCC2)nc(Nc2ccc(N3CCC4(CC3)CC4C(=O)OCO)nc2)c1C(N)=O.O.O.OP. The Bertz CT molecular complexity index is 1200. The second kappa shape index (κ2) is 15.7. The quantitative estimate of drug-likeness (QED) is 0.118. The van der Waals surface area contributed by atoms with Gasteiger partial charge in [-0.1, -0.05) is 12.8 Å². The first-order valence-electron chi connectivity index (χ1n) is 13.4. The van der Waals surface area contributed by atoms with E-state index in [1.54, 1.807) is 6.20 Å². The maximum absolute atomic E-state index is 12.3. The number of hydrogen-bond donors (Lipinski definition) is 5. The lowest BCUT2D eigenvalue weighted by atomic mass is 9.91. The van der Waals surface area contributed by atoms with Gasteiger partial charge >= 0.3 is 5.97 Å². The Morgan fingerprint density at radius 1 is 1.10 bits per heavy atom. The fraction of sp³-hybridized carbons (Fsp3) is 0.538. The van der Waals surface area contributed by atoms with Gasteiger partial charge in [0.1, 0.15) is 22.9 Å². The molecule has 0 radical (unpaired) electrons. The summed E-state index contributed by atoms with van der Waals surface area (Å²) in [6.07, 6.45) is 9.67. The van der Waals surface area contributed by atoms with Crippen molar-refractivity contribution >= 4 is 50.8 Å². The van der Waals surface area contributed by atoms with Crippen LogP contribution in [0.15, 0.2) is 18.3 Å². The molecule has 2 unspecified atom stereocenters. The summed E-state index contributed by atoms with van der Waals surface area (Å²) in [5.74, 6) is 0.430. The van der Waals surface area contributed by atoms with Crippen LogP contribution in [0.4, 0.5) is 23.3 Å². The van der Waals surface area contributed by atoms with Crippen LogP contribution in [0.5, 0.6) is 0 Å². The van der Waals surface area contributed by atoms with Crippen molar-refractivity contribution in [2.24, 2.45) is 17.1 Å². The number of primary amides is 1. The number of amides is 1. The minimum absolute atomic E-state index is 0. The second-order valence-electron chi connectivity index (χ2n) is 10.3. The molecule has 42 heavy (non-hydrogen) atoms. The molecule has 3 aliphatic rings. The summed E-state index contributed by atoms with van der Waals surface area (Å²) in [7, 11) is 1.42. The van der Waals surface area contributed by atoms with Gasteiger partial charge in [0.15, 0.2) is 6.79 Å². The van der Waals surface area contributed by atoms with Crippen LogP contribution >= 0.6 is 9.47 Å². The molecule has 2 aliphatic heterocycles. The van der Waals surface area contributed by atoms with Crippen LogP contribution in [0.2, 0.25) is 0 Å². The first kappa shape index (κ1) is 34.7. The fourth-order valence-corrected chi connectivity index (χ4v) is 5.68. The van der Waals surface area contributed by atoms with Gasteiger partial charge in [-0.25, -0.2) is 9.97 Å². The number of esters is 1. The molecule has 232 valence electrons. The molecule has 4 heterocycles. The molecule has 2 atom stereocenters. The molecular weight excluding hydrogens is 567 g/mol. The molecule has 10 N–H and O–H groups in total. The van der Waals surface area contributed by atoms with E-state index in [0.717, 1.165) is 83.2 Å².